The van der Waals surface area contributed by atoms with Gasteiger partial charge < -0.3 is 15.2 Å². The Morgan fingerprint density at radius 2 is 1.65 bits per heavy atom. The van der Waals surface area contributed by atoms with E-state index in [-0.39, 0.29) is 17.7 Å². The number of aliphatic carboxylic acids is 1. The SMILES string of the molecule is COc1ccc(NC(=O)C2CCC(C(=O)O)CC2)cc1. The number of benzene rings is 1. The van der Waals surface area contributed by atoms with Crippen molar-refractivity contribution in [2.45, 2.75) is 25.7 Å². The van der Waals surface area contributed by atoms with Crippen molar-refractivity contribution in [3.63, 3.8) is 0 Å². The average Bonchev–Trinajstić information content (AvgIpc) is 2.48. The van der Waals surface area contributed by atoms with Crippen LogP contribution in [0, 0.1) is 11.8 Å². The number of anilines is 1. The van der Waals surface area contributed by atoms with Crippen molar-refractivity contribution in [2.24, 2.45) is 11.8 Å². The van der Waals surface area contributed by atoms with Crippen molar-refractivity contribution >= 4 is 17.6 Å². The molecule has 0 atom stereocenters. The predicted octanol–water partition coefficient (Wildman–Crippen LogP) is 2.52. The van der Waals surface area contributed by atoms with E-state index in [1.165, 1.54) is 0 Å². The molecule has 1 aromatic carbocycles. The highest BCUT2D eigenvalue weighted by Crippen LogP contribution is 2.30. The van der Waals surface area contributed by atoms with Crippen LogP contribution in [-0.2, 0) is 9.59 Å². The van der Waals surface area contributed by atoms with Gasteiger partial charge in [-0.2, -0.15) is 0 Å². The number of ether oxygens (including phenoxy) is 1. The van der Waals surface area contributed by atoms with Gasteiger partial charge in [-0.1, -0.05) is 0 Å². The standard InChI is InChI=1S/C15H19NO4/c1-20-13-8-6-12(7-9-13)16-14(17)10-2-4-11(5-3-10)15(18)19/h6-11H,2-5H2,1H3,(H,16,17)(H,18,19). The van der Waals surface area contributed by atoms with Crippen molar-refractivity contribution in [1.82, 2.24) is 0 Å². The maximum atomic E-state index is 12.1. The summed E-state index contributed by atoms with van der Waals surface area (Å²) in [5.41, 5.74) is 0.733. The molecule has 0 saturated heterocycles. The summed E-state index contributed by atoms with van der Waals surface area (Å²) in [6, 6.07) is 7.16. The summed E-state index contributed by atoms with van der Waals surface area (Å²) in [6.45, 7) is 0. The zero-order valence-electron chi connectivity index (χ0n) is 11.5. The van der Waals surface area contributed by atoms with Gasteiger partial charge in [0.15, 0.2) is 0 Å². The fourth-order valence-electron chi connectivity index (χ4n) is 2.52. The van der Waals surface area contributed by atoms with Gasteiger partial charge in [0, 0.05) is 11.6 Å². The molecular formula is C15H19NO4. The monoisotopic (exact) mass is 277 g/mol. The third kappa shape index (κ3) is 3.50. The summed E-state index contributed by atoms with van der Waals surface area (Å²) in [5, 5.41) is 11.8. The Morgan fingerprint density at radius 1 is 1.10 bits per heavy atom. The van der Waals surface area contributed by atoms with Crippen molar-refractivity contribution in [3.05, 3.63) is 24.3 Å². The molecule has 1 aliphatic rings. The van der Waals surface area contributed by atoms with Crippen molar-refractivity contribution in [1.29, 1.82) is 0 Å². The number of methoxy groups -OCH3 is 1. The highest BCUT2D eigenvalue weighted by Gasteiger charge is 2.29. The molecule has 5 nitrogen and oxygen atoms in total. The van der Waals surface area contributed by atoms with Crippen molar-refractivity contribution in [3.8, 4) is 5.75 Å². The van der Waals surface area contributed by atoms with Crippen molar-refractivity contribution in [2.75, 3.05) is 12.4 Å². The number of rotatable bonds is 4. The molecule has 0 aromatic heterocycles. The molecule has 1 amide bonds. The fourth-order valence-corrected chi connectivity index (χ4v) is 2.52. The normalized spacial score (nSPS) is 22.1. The summed E-state index contributed by atoms with van der Waals surface area (Å²) >= 11 is 0. The van der Waals surface area contributed by atoms with E-state index in [2.05, 4.69) is 5.32 Å². The molecule has 0 unspecified atom stereocenters. The van der Waals surface area contributed by atoms with Gasteiger partial charge in [0.05, 0.1) is 13.0 Å². The smallest absolute Gasteiger partial charge is 0.306 e. The lowest BCUT2D eigenvalue weighted by Crippen LogP contribution is -2.29. The van der Waals surface area contributed by atoms with Crippen LogP contribution >= 0.6 is 0 Å². The van der Waals surface area contributed by atoms with Crippen LogP contribution in [0.4, 0.5) is 5.69 Å². The van der Waals surface area contributed by atoms with Crippen LogP contribution in [0.15, 0.2) is 24.3 Å². The van der Waals surface area contributed by atoms with Gasteiger partial charge in [-0.05, 0) is 49.9 Å². The van der Waals surface area contributed by atoms with Gasteiger partial charge in [0.2, 0.25) is 5.91 Å². The van der Waals surface area contributed by atoms with Crippen LogP contribution in [0.5, 0.6) is 5.75 Å². The van der Waals surface area contributed by atoms with E-state index in [9.17, 15) is 9.59 Å². The summed E-state index contributed by atoms with van der Waals surface area (Å²) in [6.07, 6.45) is 2.43. The summed E-state index contributed by atoms with van der Waals surface area (Å²) < 4.78 is 5.06. The van der Waals surface area contributed by atoms with Gasteiger partial charge in [-0.3, -0.25) is 9.59 Å². The molecule has 1 aromatic rings. The molecule has 0 aliphatic heterocycles. The van der Waals surface area contributed by atoms with Gasteiger partial charge in [0.1, 0.15) is 5.75 Å². The molecule has 0 bridgehead atoms. The van der Waals surface area contributed by atoms with E-state index in [1.54, 1.807) is 31.4 Å². The number of carboxylic acids is 1. The second-order valence-corrected chi connectivity index (χ2v) is 5.10. The lowest BCUT2D eigenvalue weighted by molar-refractivity contribution is -0.143. The summed E-state index contributed by atoms with van der Waals surface area (Å²) in [4.78, 5) is 23.0. The summed E-state index contributed by atoms with van der Waals surface area (Å²) in [5.74, 6) is -0.421. The lowest BCUT2D eigenvalue weighted by Gasteiger charge is -2.25. The quantitative estimate of drug-likeness (QED) is 0.886. The Morgan fingerprint density at radius 3 is 2.15 bits per heavy atom. The van der Waals surface area contributed by atoms with E-state index in [4.69, 9.17) is 9.84 Å². The molecule has 1 saturated carbocycles. The molecule has 20 heavy (non-hydrogen) atoms. The first-order valence-corrected chi connectivity index (χ1v) is 6.78. The Kier molecular flexibility index (Phi) is 4.61. The number of carbonyl (C=O) groups is 2. The van der Waals surface area contributed by atoms with Crippen LogP contribution < -0.4 is 10.1 Å². The maximum absolute atomic E-state index is 12.1. The first-order valence-electron chi connectivity index (χ1n) is 6.78. The lowest BCUT2D eigenvalue weighted by atomic mass is 9.81. The number of carbonyl (C=O) groups excluding carboxylic acids is 1. The van der Waals surface area contributed by atoms with Crippen molar-refractivity contribution < 1.29 is 19.4 Å². The Hall–Kier alpha value is -2.04. The Bertz CT molecular complexity index is 475. The molecule has 2 rings (SSSR count). The van der Waals surface area contributed by atoms with E-state index < -0.39 is 5.97 Å². The average molecular weight is 277 g/mol. The largest absolute Gasteiger partial charge is 0.497 e. The molecule has 108 valence electrons. The van der Waals surface area contributed by atoms with Gasteiger partial charge >= 0.3 is 5.97 Å². The topological polar surface area (TPSA) is 75.6 Å². The molecule has 0 spiro atoms. The first-order chi connectivity index (χ1) is 9.60. The van der Waals surface area contributed by atoms with Crippen LogP contribution in [0.2, 0.25) is 0 Å². The highest BCUT2D eigenvalue weighted by molar-refractivity contribution is 5.92. The zero-order valence-corrected chi connectivity index (χ0v) is 11.5. The third-order valence-electron chi connectivity index (χ3n) is 3.80. The minimum atomic E-state index is -0.751. The van der Waals surface area contributed by atoms with E-state index >= 15 is 0 Å². The van der Waals surface area contributed by atoms with Crippen LogP contribution in [0.25, 0.3) is 0 Å². The predicted molar refractivity (Wildman–Crippen MR) is 74.7 cm³/mol. The molecule has 2 N–H and O–H groups in total. The zero-order chi connectivity index (χ0) is 14.5. The van der Waals surface area contributed by atoms with Crippen LogP contribution in [-0.4, -0.2) is 24.1 Å². The number of carboxylic acid groups (broad SMARTS) is 1. The number of amides is 1. The van der Waals surface area contributed by atoms with Crippen LogP contribution in [0.3, 0.4) is 0 Å². The first kappa shape index (κ1) is 14.4. The van der Waals surface area contributed by atoms with Gasteiger partial charge in [0.25, 0.3) is 0 Å². The Labute approximate surface area is 117 Å². The van der Waals surface area contributed by atoms with Crippen LogP contribution in [0.1, 0.15) is 25.7 Å². The molecule has 1 aliphatic carbocycles. The van der Waals surface area contributed by atoms with Gasteiger partial charge in [-0.15, -0.1) is 0 Å². The number of hydrogen-bond acceptors (Lipinski definition) is 3. The minimum absolute atomic E-state index is 0.0287. The summed E-state index contributed by atoms with van der Waals surface area (Å²) in [7, 11) is 1.59. The molecular weight excluding hydrogens is 258 g/mol. The highest BCUT2D eigenvalue weighted by atomic mass is 16.5. The maximum Gasteiger partial charge on any atom is 0.306 e. The van der Waals surface area contributed by atoms with E-state index in [0.717, 1.165) is 11.4 Å². The molecule has 0 heterocycles. The molecule has 0 radical (unpaired) electrons. The molecule has 5 heteroatoms. The second-order valence-electron chi connectivity index (χ2n) is 5.10. The fraction of sp³-hybridized carbons (Fsp3) is 0.467. The third-order valence-corrected chi connectivity index (χ3v) is 3.80. The number of nitrogens with one attached hydrogen (secondary N) is 1. The minimum Gasteiger partial charge on any atom is -0.497 e. The van der Waals surface area contributed by atoms with E-state index in [1.807, 2.05) is 0 Å². The second kappa shape index (κ2) is 6.41. The Balaban J connectivity index is 1.87. The molecule has 1 fully saturated rings. The number of hydrogen-bond donors (Lipinski definition) is 2. The van der Waals surface area contributed by atoms with E-state index in [0.29, 0.717) is 25.7 Å². The van der Waals surface area contributed by atoms with Gasteiger partial charge in [-0.25, -0.2) is 0 Å².